The zero-order valence-corrected chi connectivity index (χ0v) is 10.4. The third-order valence-electron chi connectivity index (χ3n) is 2.40. The van der Waals surface area contributed by atoms with Crippen molar-refractivity contribution in [2.24, 2.45) is 0 Å². The van der Waals surface area contributed by atoms with Crippen LogP contribution < -0.4 is 4.74 Å². The van der Waals surface area contributed by atoms with Crippen LogP contribution in [-0.4, -0.2) is 25.6 Å². The van der Waals surface area contributed by atoms with Crippen LogP contribution in [0.5, 0.6) is 11.5 Å². The fraction of sp³-hybridized carbons (Fsp3) is 0. The number of pyridine rings is 1. The molecule has 2 aromatic heterocycles. The van der Waals surface area contributed by atoms with Crippen LogP contribution in [0.25, 0.3) is 11.4 Å². The van der Waals surface area contributed by atoms with Crippen molar-refractivity contribution in [1.29, 1.82) is 0 Å². The molecule has 1 N–H and O–H groups in total. The standard InChI is InChI=1S/C12H8ClN5O/c13-11-6-8(19-9-2-1-5-14-7-9)3-4-10(11)12-15-17-18-16-12/h1-7H,(H,15,16,17,18). The minimum absolute atomic E-state index is 0.443. The monoisotopic (exact) mass is 273 g/mol. The first-order chi connectivity index (χ1) is 9.33. The lowest BCUT2D eigenvalue weighted by molar-refractivity contribution is 0.480. The van der Waals surface area contributed by atoms with E-state index in [-0.39, 0.29) is 0 Å². The lowest BCUT2D eigenvalue weighted by Gasteiger charge is -2.06. The number of hydrogen-bond donors (Lipinski definition) is 1. The predicted octanol–water partition coefficient (Wildman–Crippen LogP) is 2.71. The maximum atomic E-state index is 6.17. The summed E-state index contributed by atoms with van der Waals surface area (Å²) in [4.78, 5) is 3.97. The van der Waals surface area contributed by atoms with Gasteiger partial charge in [-0.3, -0.25) is 4.98 Å². The molecule has 0 unspecified atom stereocenters. The van der Waals surface area contributed by atoms with Gasteiger partial charge in [-0.2, -0.15) is 5.21 Å². The summed E-state index contributed by atoms with van der Waals surface area (Å²) in [5.41, 5.74) is 0.689. The van der Waals surface area contributed by atoms with Crippen LogP contribution in [0.15, 0.2) is 42.7 Å². The van der Waals surface area contributed by atoms with Crippen molar-refractivity contribution in [2.45, 2.75) is 0 Å². The molecule has 0 atom stereocenters. The van der Waals surface area contributed by atoms with Crippen molar-refractivity contribution in [3.63, 3.8) is 0 Å². The minimum Gasteiger partial charge on any atom is -0.456 e. The van der Waals surface area contributed by atoms with Crippen LogP contribution in [0.2, 0.25) is 5.02 Å². The molecule has 0 amide bonds. The Morgan fingerprint density at radius 2 is 2.11 bits per heavy atom. The van der Waals surface area contributed by atoms with Gasteiger partial charge < -0.3 is 4.74 Å². The fourth-order valence-corrected chi connectivity index (χ4v) is 1.82. The number of nitrogens with one attached hydrogen (secondary N) is 1. The van der Waals surface area contributed by atoms with Crippen LogP contribution in [0.3, 0.4) is 0 Å². The van der Waals surface area contributed by atoms with Crippen LogP contribution >= 0.6 is 11.6 Å². The second-order valence-electron chi connectivity index (χ2n) is 3.67. The SMILES string of the molecule is Clc1cc(Oc2cccnc2)ccc1-c1nn[nH]n1. The van der Waals surface area contributed by atoms with E-state index in [1.807, 2.05) is 6.07 Å². The summed E-state index contributed by atoms with van der Waals surface area (Å²) < 4.78 is 5.62. The van der Waals surface area contributed by atoms with E-state index in [1.54, 1.807) is 36.7 Å². The van der Waals surface area contributed by atoms with Gasteiger partial charge in [0.15, 0.2) is 0 Å². The van der Waals surface area contributed by atoms with Gasteiger partial charge in [0.1, 0.15) is 11.5 Å². The Morgan fingerprint density at radius 3 is 2.79 bits per heavy atom. The van der Waals surface area contributed by atoms with Crippen LogP contribution in [0.4, 0.5) is 0 Å². The normalized spacial score (nSPS) is 10.4. The summed E-state index contributed by atoms with van der Waals surface area (Å²) in [6.07, 6.45) is 3.31. The summed E-state index contributed by atoms with van der Waals surface area (Å²) in [6, 6.07) is 8.86. The zero-order chi connectivity index (χ0) is 13.1. The Morgan fingerprint density at radius 1 is 1.16 bits per heavy atom. The molecule has 0 aliphatic carbocycles. The van der Waals surface area contributed by atoms with Gasteiger partial charge in [-0.05, 0) is 29.5 Å². The van der Waals surface area contributed by atoms with Gasteiger partial charge in [0.25, 0.3) is 0 Å². The molecule has 0 spiro atoms. The van der Waals surface area contributed by atoms with Crippen molar-refractivity contribution >= 4 is 11.6 Å². The average Bonchev–Trinajstić information content (AvgIpc) is 2.94. The van der Waals surface area contributed by atoms with Gasteiger partial charge in [0, 0.05) is 17.8 Å². The van der Waals surface area contributed by atoms with Crippen molar-refractivity contribution in [3.8, 4) is 22.9 Å². The molecule has 1 aromatic carbocycles. The largest absolute Gasteiger partial charge is 0.456 e. The maximum absolute atomic E-state index is 6.17. The number of aromatic amines is 1. The molecule has 0 fully saturated rings. The number of H-pyrrole nitrogens is 1. The van der Waals surface area contributed by atoms with Crippen molar-refractivity contribution in [1.82, 2.24) is 25.6 Å². The summed E-state index contributed by atoms with van der Waals surface area (Å²) >= 11 is 6.17. The van der Waals surface area contributed by atoms with Crippen LogP contribution in [-0.2, 0) is 0 Å². The molecule has 94 valence electrons. The Kier molecular flexibility index (Phi) is 3.07. The van der Waals surface area contributed by atoms with E-state index in [0.717, 1.165) is 0 Å². The molecule has 6 nitrogen and oxygen atoms in total. The highest BCUT2D eigenvalue weighted by Crippen LogP contribution is 2.30. The number of rotatable bonds is 3. The molecule has 0 saturated carbocycles. The van der Waals surface area contributed by atoms with Gasteiger partial charge in [0.2, 0.25) is 5.82 Å². The average molecular weight is 274 g/mol. The lowest BCUT2D eigenvalue weighted by Crippen LogP contribution is -1.87. The summed E-state index contributed by atoms with van der Waals surface area (Å²) in [5, 5.41) is 14.1. The summed E-state index contributed by atoms with van der Waals surface area (Å²) in [5.74, 6) is 1.70. The van der Waals surface area contributed by atoms with E-state index < -0.39 is 0 Å². The van der Waals surface area contributed by atoms with Gasteiger partial charge in [-0.1, -0.05) is 11.6 Å². The first-order valence-corrected chi connectivity index (χ1v) is 5.82. The topological polar surface area (TPSA) is 76.6 Å². The van der Waals surface area contributed by atoms with Gasteiger partial charge in [-0.15, -0.1) is 10.2 Å². The van der Waals surface area contributed by atoms with Crippen LogP contribution in [0, 0.1) is 0 Å². The van der Waals surface area contributed by atoms with E-state index >= 15 is 0 Å². The molecule has 19 heavy (non-hydrogen) atoms. The number of ether oxygens (including phenoxy) is 1. The molecule has 3 aromatic rings. The highest BCUT2D eigenvalue weighted by molar-refractivity contribution is 6.33. The Balaban J connectivity index is 1.88. The van der Waals surface area contributed by atoms with Crippen LogP contribution in [0.1, 0.15) is 0 Å². The van der Waals surface area contributed by atoms with E-state index in [1.165, 1.54) is 0 Å². The van der Waals surface area contributed by atoms with Gasteiger partial charge >= 0.3 is 0 Å². The molecule has 3 rings (SSSR count). The molecule has 2 heterocycles. The number of halogens is 1. The van der Waals surface area contributed by atoms with E-state index in [0.29, 0.717) is 27.9 Å². The molecule has 7 heteroatoms. The predicted molar refractivity (Wildman–Crippen MR) is 68.9 cm³/mol. The van der Waals surface area contributed by atoms with E-state index in [9.17, 15) is 0 Å². The minimum atomic E-state index is 0.443. The van der Waals surface area contributed by atoms with E-state index in [2.05, 4.69) is 25.6 Å². The second kappa shape index (κ2) is 5.03. The van der Waals surface area contributed by atoms with Crippen molar-refractivity contribution in [2.75, 3.05) is 0 Å². The maximum Gasteiger partial charge on any atom is 0.206 e. The number of nitrogens with zero attached hydrogens (tertiary/aromatic N) is 4. The Hall–Kier alpha value is -2.47. The van der Waals surface area contributed by atoms with Crippen molar-refractivity contribution < 1.29 is 4.74 Å². The molecule has 0 aliphatic rings. The molecule has 0 aliphatic heterocycles. The highest BCUT2D eigenvalue weighted by Gasteiger charge is 2.09. The van der Waals surface area contributed by atoms with Gasteiger partial charge in [0.05, 0.1) is 11.2 Å². The van der Waals surface area contributed by atoms with Crippen molar-refractivity contribution in [3.05, 3.63) is 47.7 Å². The number of tetrazole rings is 1. The smallest absolute Gasteiger partial charge is 0.206 e. The lowest BCUT2D eigenvalue weighted by atomic mass is 10.2. The fourth-order valence-electron chi connectivity index (χ4n) is 1.56. The third kappa shape index (κ3) is 2.53. The number of aromatic nitrogens is 5. The third-order valence-corrected chi connectivity index (χ3v) is 2.71. The Labute approximate surface area is 113 Å². The molecule has 0 radical (unpaired) electrons. The molecule has 0 saturated heterocycles. The Bertz CT molecular complexity index is 672. The highest BCUT2D eigenvalue weighted by atomic mass is 35.5. The second-order valence-corrected chi connectivity index (χ2v) is 4.08. The molecular weight excluding hydrogens is 266 g/mol. The first kappa shape index (κ1) is 11.6. The first-order valence-electron chi connectivity index (χ1n) is 5.44. The zero-order valence-electron chi connectivity index (χ0n) is 9.62. The van der Waals surface area contributed by atoms with Gasteiger partial charge in [-0.25, -0.2) is 0 Å². The molecular formula is C12H8ClN5O. The van der Waals surface area contributed by atoms with E-state index in [4.69, 9.17) is 16.3 Å². The number of benzene rings is 1. The molecule has 0 bridgehead atoms. The summed E-state index contributed by atoms with van der Waals surface area (Å²) in [6.45, 7) is 0. The number of hydrogen-bond acceptors (Lipinski definition) is 5. The summed E-state index contributed by atoms with van der Waals surface area (Å²) in [7, 11) is 0. The quantitative estimate of drug-likeness (QED) is 0.794.